The van der Waals surface area contributed by atoms with Crippen molar-refractivity contribution in [2.24, 2.45) is 11.8 Å². The second kappa shape index (κ2) is 12.1. The van der Waals surface area contributed by atoms with Crippen LogP contribution in [-0.4, -0.2) is 56.7 Å². The van der Waals surface area contributed by atoms with Gasteiger partial charge in [-0.15, -0.1) is 0 Å². The number of nitrogens with one attached hydrogen (secondary N) is 2. The standard InChI is InChI=1S/C30H38N4O5S/c1-21-7-11-26(12-8-21)34-20-23(19-28(34)35)30(37)33-17-15-22(16-18-33)29(36)31-24-9-13-27(14-10-24)40(38,39)32-25-5-3-2-4-6-25/h7-14,22-23,25,32H,2-6,15-20H2,1H3,(H,31,36). The number of carbonyl (C=O) groups is 3. The predicted molar refractivity (Wildman–Crippen MR) is 153 cm³/mol. The van der Waals surface area contributed by atoms with Gasteiger partial charge < -0.3 is 15.1 Å². The molecule has 3 fully saturated rings. The van der Waals surface area contributed by atoms with Gasteiger partial charge in [0.05, 0.1) is 10.8 Å². The Balaban J connectivity index is 1.10. The first-order chi connectivity index (χ1) is 19.2. The Morgan fingerprint density at radius 3 is 2.15 bits per heavy atom. The van der Waals surface area contributed by atoms with E-state index in [2.05, 4.69) is 10.0 Å². The fraction of sp³-hybridized carbons (Fsp3) is 0.500. The van der Waals surface area contributed by atoms with Crippen LogP contribution >= 0.6 is 0 Å². The number of anilines is 2. The molecule has 2 aromatic carbocycles. The molecule has 0 radical (unpaired) electrons. The van der Waals surface area contributed by atoms with E-state index in [0.29, 0.717) is 38.2 Å². The lowest BCUT2D eigenvalue weighted by Gasteiger charge is -2.33. The summed E-state index contributed by atoms with van der Waals surface area (Å²) in [6, 6.07) is 14.0. The van der Waals surface area contributed by atoms with Crippen LogP contribution in [0.1, 0.15) is 56.9 Å². The van der Waals surface area contributed by atoms with E-state index in [9.17, 15) is 22.8 Å². The number of benzene rings is 2. The van der Waals surface area contributed by atoms with Gasteiger partial charge in [-0.1, -0.05) is 37.0 Å². The van der Waals surface area contributed by atoms with Crippen molar-refractivity contribution in [3.05, 3.63) is 54.1 Å². The van der Waals surface area contributed by atoms with E-state index < -0.39 is 10.0 Å². The third-order valence-electron chi connectivity index (χ3n) is 8.36. The molecule has 2 heterocycles. The van der Waals surface area contributed by atoms with Crippen LogP contribution in [0.4, 0.5) is 11.4 Å². The predicted octanol–water partition coefficient (Wildman–Crippen LogP) is 3.84. The van der Waals surface area contributed by atoms with Gasteiger partial charge in [0, 0.05) is 49.4 Å². The molecule has 3 amide bonds. The van der Waals surface area contributed by atoms with Crippen molar-refractivity contribution in [1.29, 1.82) is 0 Å². The van der Waals surface area contributed by atoms with Crippen molar-refractivity contribution in [1.82, 2.24) is 9.62 Å². The summed E-state index contributed by atoms with van der Waals surface area (Å²) >= 11 is 0. The maximum atomic E-state index is 13.2. The van der Waals surface area contributed by atoms with E-state index >= 15 is 0 Å². The van der Waals surface area contributed by atoms with Crippen molar-refractivity contribution in [3.63, 3.8) is 0 Å². The summed E-state index contributed by atoms with van der Waals surface area (Å²) in [6.45, 7) is 3.31. The van der Waals surface area contributed by atoms with Gasteiger partial charge in [-0.05, 0) is 69.0 Å². The topological polar surface area (TPSA) is 116 Å². The number of hydrogen-bond donors (Lipinski definition) is 2. The van der Waals surface area contributed by atoms with Crippen molar-refractivity contribution in [3.8, 4) is 0 Å². The zero-order valence-electron chi connectivity index (χ0n) is 23.0. The SMILES string of the molecule is Cc1ccc(N2CC(C(=O)N3CCC(C(=O)Nc4ccc(S(=O)(=O)NC5CCCCC5)cc4)CC3)CC2=O)cc1. The molecule has 0 spiro atoms. The monoisotopic (exact) mass is 566 g/mol. The largest absolute Gasteiger partial charge is 0.342 e. The minimum atomic E-state index is -3.60. The second-order valence-electron chi connectivity index (χ2n) is 11.3. The van der Waals surface area contributed by atoms with E-state index in [1.54, 1.807) is 21.9 Å². The Labute approximate surface area is 236 Å². The molecular weight excluding hydrogens is 528 g/mol. The zero-order valence-corrected chi connectivity index (χ0v) is 23.8. The molecule has 214 valence electrons. The highest BCUT2D eigenvalue weighted by Gasteiger charge is 2.38. The number of hydrogen-bond acceptors (Lipinski definition) is 5. The molecule has 2 saturated heterocycles. The van der Waals surface area contributed by atoms with Gasteiger partial charge in [0.25, 0.3) is 0 Å². The fourth-order valence-corrected chi connectivity index (χ4v) is 7.24. The third-order valence-corrected chi connectivity index (χ3v) is 9.89. The minimum absolute atomic E-state index is 0.0165. The maximum absolute atomic E-state index is 13.2. The van der Waals surface area contributed by atoms with Crippen LogP contribution in [0, 0.1) is 18.8 Å². The van der Waals surface area contributed by atoms with E-state index in [1.807, 2.05) is 31.2 Å². The summed E-state index contributed by atoms with van der Waals surface area (Å²) in [5.41, 5.74) is 2.47. The van der Waals surface area contributed by atoms with Gasteiger partial charge in [-0.3, -0.25) is 14.4 Å². The molecule has 1 aliphatic carbocycles. The summed E-state index contributed by atoms with van der Waals surface area (Å²) in [6.07, 6.45) is 6.24. The van der Waals surface area contributed by atoms with Crippen LogP contribution in [0.5, 0.6) is 0 Å². The molecule has 5 rings (SSSR count). The van der Waals surface area contributed by atoms with Gasteiger partial charge in [-0.25, -0.2) is 13.1 Å². The maximum Gasteiger partial charge on any atom is 0.240 e. The molecule has 10 heteroatoms. The first kappa shape index (κ1) is 28.3. The van der Waals surface area contributed by atoms with Crippen LogP contribution in [0.2, 0.25) is 0 Å². The summed E-state index contributed by atoms with van der Waals surface area (Å²) in [4.78, 5) is 42.3. The van der Waals surface area contributed by atoms with Gasteiger partial charge in [0.2, 0.25) is 27.7 Å². The molecule has 2 N–H and O–H groups in total. The first-order valence-corrected chi connectivity index (χ1v) is 15.8. The number of amides is 3. The summed E-state index contributed by atoms with van der Waals surface area (Å²) in [7, 11) is -3.60. The number of aryl methyl sites for hydroxylation is 1. The second-order valence-corrected chi connectivity index (χ2v) is 13.0. The summed E-state index contributed by atoms with van der Waals surface area (Å²) < 4.78 is 28.3. The van der Waals surface area contributed by atoms with Gasteiger partial charge >= 0.3 is 0 Å². The van der Waals surface area contributed by atoms with E-state index in [0.717, 1.165) is 43.4 Å². The molecule has 1 atom stereocenters. The van der Waals surface area contributed by atoms with E-state index in [-0.39, 0.29) is 46.9 Å². The number of likely N-dealkylation sites (tertiary alicyclic amines) is 1. The van der Waals surface area contributed by atoms with E-state index in [1.165, 1.54) is 12.1 Å². The van der Waals surface area contributed by atoms with Crippen LogP contribution in [-0.2, 0) is 24.4 Å². The fourth-order valence-electron chi connectivity index (χ4n) is 5.94. The van der Waals surface area contributed by atoms with Crippen LogP contribution < -0.4 is 14.9 Å². The quantitative estimate of drug-likeness (QED) is 0.529. The lowest BCUT2D eigenvalue weighted by molar-refractivity contribution is -0.138. The van der Waals surface area contributed by atoms with Gasteiger partial charge in [0.1, 0.15) is 0 Å². The van der Waals surface area contributed by atoms with E-state index in [4.69, 9.17) is 0 Å². The molecule has 1 unspecified atom stereocenters. The Morgan fingerprint density at radius 1 is 0.850 bits per heavy atom. The molecule has 9 nitrogen and oxygen atoms in total. The highest BCUT2D eigenvalue weighted by atomic mass is 32.2. The highest BCUT2D eigenvalue weighted by Crippen LogP contribution is 2.29. The third kappa shape index (κ3) is 6.55. The van der Waals surface area contributed by atoms with Crippen LogP contribution in [0.3, 0.4) is 0 Å². The van der Waals surface area contributed by atoms with Crippen molar-refractivity contribution in [2.45, 2.75) is 69.2 Å². The molecule has 0 aromatic heterocycles. The lowest BCUT2D eigenvalue weighted by Crippen LogP contribution is -2.44. The Kier molecular flexibility index (Phi) is 8.56. The first-order valence-electron chi connectivity index (χ1n) is 14.3. The molecular formula is C30H38N4O5S. The Morgan fingerprint density at radius 2 is 1.50 bits per heavy atom. The average Bonchev–Trinajstić information content (AvgIpc) is 3.35. The van der Waals surface area contributed by atoms with Crippen molar-refractivity contribution >= 4 is 39.1 Å². The number of nitrogens with zero attached hydrogens (tertiary/aromatic N) is 2. The Hall–Kier alpha value is -3.24. The minimum Gasteiger partial charge on any atom is -0.342 e. The van der Waals surface area contributed by atoms with Crippen LogP contribution in [0.25, 0.3) is 0 Å². The number of piperidine rings is 1. The smallest absolute Gasteiger partial charge is 0.240 e. The van der Waals surface area contributed by atoms with Crippen LogP contribution in [0.15, 0.2) is 53.4 Å². The van der Waals surface area contributed by atoms with Gasteiger partial charge in [0.15, 0.2) is 0 Å². The molecule has 2 aliphatic heterocycles. The number of carbonyl (C=O) groups excluding carboxylic acids is 3. The summed E-state index contributed by atoms with van der Waals surface area (Å²) in [5.74, 6) is -0.818. The normalized spacial score (nSPS) is 21.0. The van der Waals surface area contributed by atoms with Crippen molar-refractivity contribution in [2.75, 3.05) is 29.9 Å². The number of rotatable bonds is 7. The molecule has 3 aliphatic rings. The highest BCUT2D eigenvalue weighted by molar-refractivity contribution is 7.89. The Bertz CT molecular complexity index is 1330. The molecule has 2 aromatic rings. The summed E-state index contributed by atoms with van der Waals surface area (Å²) in [5, 5.41) is 2.90. The molecule has 40 heavy (non-hydrogen) atoms. The van der Waals surface area contributed by atoms with Gasteiger partial charge in [-0.2, -0.15) is 0 Å². The average molecular weight is 567 g/mol. The van der Waals surface area contributed by atoms with Crippen molar-refractivity contribution < 1.29 is 22.8 Å². The molecule has 0 bridgehead atoms. The zero-order chi connectivity index (χ0) is 28.3. The lowest BCUT2D eigenvalue weighted by atomic mass is 9.94. The molecule has 1 saturated carbocycles. The number of sulfonamides is 1.